The minimum atomic E-state index is 0.194. The highest BCUT2D eigenvalue weighted by Gasteiger charge is 2.18. The van der Waals surface area contributed by atoms with Crippen LogP contribution in [0.5, 0.6) is 0 Å². The first-order valence-corrected chi connectivity index (χ1v) is 9.28. The molecule has 0 fully saturated rings. The molecule has 3 aromatic rings. The van der Waals surface area contributed by atoms with Crippen molar-refractivity contribution >= 4 is 54.2 Å². The van der Waals surface area contributed by atoms with Gasteiger partial charge in [-0.1, -0.05) is 19.1 Å². The average Bonchev–Trinajstić information content (AvgIpc) is 3.05. The highest BCUT2D eigenvalue weighted by molar-refractivity contribution is 9.11. The van der Waals surface area contributed by atoms with Crippen LogP contribution in [0.1, 0.15) is 23.6 Å². The molecule has 1 N–H and O–H groups in total. The molecule has 0 amide bonds. The lowest BCUT2D eigenvalue weighted by Gasteiger charge is -2.14. The standard InChI is InChI=1S/C16H15Br2NOS/c1-2-19-14(8-12-7-11(17)9-21-12)15-6-10-4-3-5-13(18)16(10)20-15/h3-7,9,14,19H,2,8H2,1H3. The number of nitrogens with one attached hydrogen (secondary N) is 1. The molecule has 0 aliphatic rings. The zero-order valence-electron chi connectivity index (χ0n) is 11.5. The second-order valence-electron chi connectivity index (χ2n) is 4.85. The molecule has 0 aliphatic carbocycles. The van der Waals surface area contributed by atoms with Crippen LogP contribution in [-0.2, 0) is 6.42 Å². The molecule has 1 unspecified atom stereocenters. The van der Waals surface area contributed by atoms with Gasteiger partial charge in [0.15, 0.2) is 0 Å². The first-order valence-electron chi connectivity index (χ1n) is 6.81. The van der Waals surface area contributed by atoms with Gasteiger partial charge >= 0.3 is 0 Å². The average molecular weight is 429 g/mol. The smallest absolute Gasteiger partial charge is 0.148 e. The predicted molar refractivity (Wildman–Crippen MR) is 96.1 cm³/mol. The summed E-state index contributed by atoms with van der Waals surface area (Å²) in [5.74, 6) is 0.989. The number of para-hydroxylation sites is 1. The third-order valence-electron chi connectivity index (χ3n) is 3.34. The van der Waals surface area contributed by atoms with Gasteiger partial charge in [0.2, 0.25) is 0 Å². The summed E-state index contributed by atoms with van der Waals surface area (Å²) in [7, 11) is 0. The fraction of sp³-hybridized carbons (Fsp3) is 0.250. The van der Waals surface area contributed by atoms with Crippen molar-refractivity contribution in [3.05, 3.63) is 55.3 Å². The molecule has 0 aliphatic heterocycles. The molecule has 0 saturated heterocycles. The number of hydrogen-bond acceptors (Lipinski definition) is 3. The Morgan fingerprint density at radius 1 is 1.29 bits per heavy atom. The topological polar surface area (TPSA) is 25.2 Å². The van der Waals surface area contributed by atoms with Crippen LogP contribution >= 0.6 is 43.2 Å². The molecule has 2 heterocycles. The van der Waals surface area contributed by atoms with Gasteiger partial charge in [0.05, 0.1) is 10.5 Å². The molecule has 0 bridgehead atoms. The maximum Gasteiger partial charge on any atom is 0.148 e. The Balaban J connectivity index is 1.93. The van der Waals surface area contributed by atoms with Crippen LogP contribution in [-0.4, -0.2) is 6.54 Å². The Hall–Kier alpha value is -0.620. The first-order chi connectivity index (χ1) is 10.2. The number of benzene rings is 1. The van der Waals surface area contributed by atoms with Crippen LogP contribution in [0.3, 0.4) is 0 Å². The largest absolute Gasteiger partial charge is 0.458 e. The molecule has 0 saturated carbocycles. The van der Waals surface area contributed by atoms with Gasteiger partial charge in [-0.3, -0.25) is 0 Å². The number of hydrogen-bond donors (Lipinski definition) is 1. The van der Waals surface area contributed by atoms with Crippen molar-refractivity contribution in [2.24, 2.45) is 0 Å². The van der Waals surface area contributed by atoms with Crippen molar-refractivity contribution in [2.45, 2.75) is 19.4 Å². The van der Waals surface area contributed by atoms with Gasteiger partial charge in [0.1, 0.15) is 11.3 Å². The molecule has 110 valence electrons. The lowest BCUT2D eigenvalue weighted by Crippen LogP contribution is -2.22. The maximum atomic E-state index is 6.08. The normalized spacial score (nSPS) is 12.9. The molecule has 1 aromatic carbocycles. The van der Waals surface area contributed by atoms with E-state index in [0.717, 1.165) is 38.6 Å². The van der Waals surface area contributed by atoms with E-state index >= 15 is 0 Å². The summed E-state index contributed by atoms with van der Waals surface area (Å²) in [4.78, 5) is 1.34. The van der Waals surface area contributed by atoms with E-state index in [1.807, 2.05) is 12.1 Å². The lowest BCUT2D eigenvalue weighted by atomic mass is 10.1. The first kappa shape index (κ1) is 15.3. The summed E-state index contributed by atoms with van der Waals surface area (Å²) in [6, 6.07) is 10.6. The molecule has 2 aromatic heterocycles. The summed E-state index contributed by atoms with van der Waals surface area (Å²) < 4.78 is 8.22. The third kappa shape index (κ3) is 3.42. The summed E-state index contributed by atoms with van der Waals surface area (Å²) in [6.45, 7) is 3.03. The Kier molecular flexibility index (Phi) is 4.84. The van der Waals surface area contributed by atoms with Crippen molar-refractivity contribution < 1.29 is 4.42 Å². The molecular weight excluding hydrogens is 414 g/mol. The zero-order valence-corrected chi connectivity index (χ0v) is 15.5. The van der Waals surface area contributed by atoms with Crippen molar-refractivity contribution in [3.63, 3.8) is 0 Å². The van der Waals surface area contributed by atoms with Crippen LogP contribution in [0.15, 0.2) is 49.1 Å². The van der Waals surface area contributed by atoms with Crippen LogP contribution in [0.4, 0.5) is 0 Å². The van der Waals surface area contributed by atoms with Crippen molar-refractivity contribution in [1.82, 2.24) is 5.32 Å². The monoisotopic (exact) mass is 427 g/mol. The molecule has 0 spiro atoms. The lowest BCUT2D eigenvalue weighted by molar-refractivity contribution is 0.436. The van der Waals surface area contributed by atoms with Gasteiger partial charge in [-0.2, -0.15) is 0 Å². The third-order valence-corrected chi connectivity index (χ3v) is 5.68. The number of fused-ring (bicyclic) bond motifs is 1. The molecule has 2 nitrogen and oxygen atoms in total. The second kappa shape index (κ2) is 6.65. The fourth-order valence-corrected chi connectivity index (χ4v) is 4.36. The van der Waals surface area contributed by atoms with Gasteiger partial charge in [-0.15, -0.1) is 11.3 Å². The van der Waals surface area contributed by atoms with E-state index in [-0.39, 0.29) is 6.04 Å². The Morgan fingerprint density at radius 2 is 2.14 bits per heavy atom. The quantitative estimate of drug-likeness (QED) is 0.546. The van der Waals surface area contributed by atoms with Crippen molar-refractivity contribution in [1.29, 1.82) is 0 Å². The van der Waals surface area contributed by atoms with Crippen LogP contribution in [0, 0.1) is 0 Å². The SMILES string of the molecule is CCNC(Cc1cc(Br)cs1)c1cc2cccc(Br)c2o1. The number of thiophene rings is 1. The molecular formula is C16H15Br2NOS. The minimum absolute atomic E-state index is 0.194. The van der Waals surface area contributed by atoms with E-state index in [1.54, 1.807) is 11.3 Å². The summed E-state index contributed by atoms with van der Waals surface area (Å²) >= 11 is 8.84. The van der Waals surface area contributed by atoms with Gasteiger partial charge in [0, 0.05) is 26.5 Å². The van der Waals surface area contributed by atoms with E-state index in [2.05, 4.69) is 67.7 Å². The van der Waals surface area contributed by atoms with E-state index < -0.39 is 0 Å². The van der Waals surface area contributed by atoms with Gasteiger partial charge < -0.3 is 9.73 Å². The highest BCUT2D eigenvalue weighted by Crippen LogP contribution is 2.32. The molecule has 21 heavy (non-hydrogen) atoms. The van der Waals surface area contributed by atoms with E-state index in [1.165, 1.54) is 4.88 Å². The predicted octanol–water partition coefficient (Wildman–Crippen LogP) is 5.91. The highest BCUT2D eigenvalue weighted by atomic mass is 79.9. The van der Waals surface area contributed by atoms with Gasteiger partial charge in [-0.05, 0) is 56.6 Å². The molecule has 0 radical (unpaired) electrons. The molecule has 3 rings (SSSR count). The zero-order chi connectivity index (χ0) is 14.8. The number of likely N-dealkylation sites (N-methyl/N-ethyl adjacent to an activating group) is 1. The second-order valence-corrected chi connectivity index (χ2v) is 7.62. The van der Waals surface area contributed by atoms with Crippen molar-refractivity contribution in [3.8, 4) is 0 Å². The van der Waals surface area contributed by atoms with E-state index in [0.29, 0.717) is 0 Å². The fourth-order valence-electron chi connectivity index (χ4n) is 2.40. The minimum Gasteiger partial charge on any atom is -0.458 e. The number of furan rings is 1. The Bertz CT molecular complexity index is 750. The van der Waals surface area contributed by atoms with Crippen LogP contribution < -0.4 is 5.32 Å². The van der Waals surface area contributed by atoms with Crippen LogP contribution in [0.25, 0.3) is 11.0 Å². The van der Waals surface area contributed by atoms with E-state index in [9.17, 15) is 0 Å². The molecule has 1 atom stereocenters. The molecule has 5 heteroatoms. The Labute approximate surface area is 144 Å². The maximum absolute atomic E-state index is 6.08. The van der Waals surface area contributed by atoms with Gasteiger partial charge in [0.25, 0.3) is 0 Å². The van der Waals surface area contributed by atoms with Crippen molar-refractivity contribution in [2.75, 3.05) is 6.54 Å². The Morgan fingerprint density at radius 3 is 2.81 bits per heavy atom. The number of rotatable bonds is 5. The number of halogens is 2. The summed E-state index contributed by atoms with van der Waals surface area (Å²) in [5.41, 5.74) is 0.919. The van der Waals surface area contributed by atoms with Crippen LogP contribution in [0.2, 0.25) is 0 Å². The summed E-state index contributed by atoms with van der Waals surface area (Å²) in [5, 5.41) is 6.77. The van der Waals surface area contributed by atoms with Gasteiger partial charge in [-0.25, -0.2) is 0 Å². The van der Waals surface area contributed by atoms with E-state index in [4.69, 9.17) is 4.42 Å². The summed E-state index contributed by atoms with van der Waals surface area (Å²) in [6.07, 6.45) is 0.932.